The molecule has 0 aliphatic heterocycles. The standard InChI is InChI=1S/C20H27NO2/c1-15(2)9-11-18(21)17-10-12-19(20(13-17)22-3)23-14-16-7-5-4-6-8-16/h4-8,10,12-13,15,18H,9,11,14,21H2,1-3H3/t18-/m0/s1. The van der Waals surface area contributed by atoms with E-state index in [4.69, 9.17) is 15.2 Å². The fourth-order valence-electron chi connectivity index (χ4n) is 2.45. The van der Waals surface area contributed by atoms with E-state index >= 15 is 0 Å². The van der Waals surface area contributed by atoms with E-state index in [1.54, 1.807) is 7.11 Å². The summed E-state index contributed by atoms with van der Waals surface area (Å²) >= 11 is 0. The molecular weight excluding hydrogens is 286 g/mol. The van der Waals surface area contributed by atoms with Crippen LogP contribution < -0.4 is 15.2 Å². The van der Waals surface area contributed by atoms with Crippen molar-refractivity contribution in [2.45, 2.75) is 39.3 Å². The molecule has 2 N–H and O–H groups in total. The topological polar surface area (TPSA) is 44.5 Å². The minimum atomic E-state index is 0.0365. The number of hydrogen-bond acceptors (Lipinski definition) is 3. The summed E-state index contributed by atoms with van der Waals surface area (Å²) in [4.78, 5) is 0. The van der Waals surface area contributed by atoms with Crippen molar-refractivity contribution in [2.24, 2.45) is 11.7 Å². The van der Waals surface area contributed by atoms with Gasteiger partial charge in [-0.3, -0.25) is 0 Å². The van der Waals surface area contributed by atoms with Gasteiger partial charge in [-0.05, 0) is 42.0 Å². The lowest BCUT2D eigenvalue weighted by Gasteiger charge is -2.17. The maximum Gasteiger partial charge on any atom is 0.161 e. The molecule has 0 amide bonds. The predicted molar refractivity (Wildman–Crippen MR) is 94.8 cm³/mol. The summed E-state index contributed by atoms with van der Waals surface area (Å²) < 4.78 is 11.4. The Bertz CT molecular complexity index is 596. The van der Waals surface area contributed by atoms with E-state index in [2.05, 4.69) is 13.8 Å². The molecule has 3 heteroatoms. The third-order valence-corrected chi connectivity index (χ3v) is 3.91. The Hall–Kier alpha value is -2.00. The Balaban J connectivity index is 2.04. The summed E-state index contributed by atoms with van der Waals surface area (Å²) in [6, 6.07) is 16.1. The molecule has 23 heavy (non-hydrogen) atoms. The third kappa shape index (κ3) is 5.29. The minimum Gasteiger partial charge on any atom is -0.493 e. The maximum absolute atomic E-state index is 6.29. The zero-order chi connectivity index (χ0) is 16.7. The second kappa shape index (κ2) is 8.59. The van der Waals surface area contributed by atoms with Crippen LogP contribution >= 0.6 is 0 Å². The first kappa shape index (κ1) is 17.4. The van der Waals surface area contributed by atoms with Gasteiger partial charge in [0.05, 0.1) is 7.11 Å². The molecule has 0 bridgehead atoms. The van der Waals surface area contributed by atoms with Gasteiger partial charge in [-0.2, -0.15) is 0 Å². The van der Waals surface area contributed by atoms with E-state index in [1.165, 1.54) is 0 Å². The van der Waals surface area contributed by atoms with Crippen molar-refractivity contribution in [1.82, 2.24) is 0 Å². The lowest BCUT2D eigenvalue weighted by molar-refractivity contribution is 0.284. The summed E-state index contributed by atoms with van der Waals surface area (Å²) in [5, 5.41) is 0. The highest BCUT2D eigenvalue weighted by Crippen LogP contribution is 2.31. The Morgan fingerprint density at radius 1 is 0.957 bits per heavy atom. The van der Waals surface area contributed by atoms with Gasteiger partial charge in [0.25, 0.3) is 0 Å². The minimum absolute atomic E-state index is 0.0365. The molecule has 0 heterocycles. The largest absolute Gasteiger partial charge is 0.493 e. The summed E-state index contributed by atoms with van der Waals surface area (Å²) in [6.07, 6.45) is 2.10. The molecule has 3 nitrogen and oxygen atoms in total. The average Bonchev–Trinajstić information content (AvgIpc) is 2.58. The monoisotopic (exact) mass is 313 g/mol. The van der Waals surface area contributed by atoms with E-state index < -0.39 is 0 Å². The van der Waals surface area contributed by atoms with Gasteiger partial charge < -0.3 is 15.2 Å². The molecule has 0 unspecified atom stereocenters. The zero-order valence-corrected chi connectivity index (χ0v) is 14.3. The molecule has 0 radical (unpaired) electrons. The molecule has 2 rings (SSSR count). The van der Waals surface area contributed by atoms with Crippen molar-refractivity contribution in [1.29, 1.82) is 0 Å². The van der Waals surface area contributed by atoms with Crippen LogP contribution in [0.3, 0.4) is 0 Å². The number of rotatable bonds is 8. The van der Waals surface area contributed by atoms with Crippen molar-refractivity contribution < 1.29 is 9.47 Å². The first-order chi connectivity index (χ1) is 11.1. The van der Waals surface area contributed by atoms with Gasteiger partial charge in [0.2, 0.25) is 0 Å². The van der Waals surface area contributed by atoms with Gasteiger partial charge in [0.1, 0.15) is 6.61 Å². The Labute approximate surface area is 139 Å². The lowest BCUT2D eigenvalue weighted by atomic mass is 9.98. The fraction of sp³-hybridized carbons (Fsp3) is 0.400. The SMILES string of the molecule is COc1cc([C@@H](N)CCC(C)C)ccc1OCc1ccccc1. The summed E-state index contributed by atoms with van der Waals surface area (Å²) in [7, 11) is 1.66. The second-order valence-electron chi connectivity index (χ2n) is 6.26. The Morgan fingerprint density at radius 2 is 1.70 bits per heavy atom. The van der Waals surface area contributed by atoms with Crippen molar-refractivity contribution in [3.8, 4) is 11.5 Å². The van der Waals surface area contributed by atoms with Crippen molar-refractivity contribution >= 4 is 0 Å². The molecule has 0 fully saturated rings. The van der Waals surface area contributed by atoms with Crippen molar-refractivity contribution in [3.05, 3.63) is 59.7 Å². The van der Waals surface area contributed by atoms with Gasteiger partial charge in [-0.1, -0.05) is 50.2 Å². The smallest absolute Gasteiger partial charge is 0.161 e. The highest BCUT2D eigenvalue weighted by Gasteiger charge is 2.12. The molecular formula is C20H27NO2. The second-order valence-corrected chi connectivity index (χ2v) is 6.26. The number of ether oxygens (including phenoxy) is 2. The third-order valence-electron chi connectivity index (χ3n) is 3.91. The quantitative estimate of drug-likeness (QED) is 0.767. The molecule has 0 saturated carbocycles. The van der Waals surface area contributed by atoms with Crippen molar-refractivity contribution in [3.63, 3.8) is 0 Å². The summed E-state index contributed by atoms with van der Waals surface area (Å²) in [6.45, 7) is 4.96. The lowest BCUT2D eigenvalue weighted by Crippen LogP contribution is -2.11. The maximum atomic E-state index is 6.29. The normalized spacial score (nSPS) is 12.2. The first-order valence-corrected chi connectivity index (χ1v) is 8.20. The number of nitrogens with two attached hydrogens (primary N) is 1. The van der Waals surface area contributed by atoms with E-state index in [-0.39, 0.29) is 6.04 Å². The molecule has 0 aliphatic carbocycles. The first-order valence-electron chi connectivity index (χ1n) is 8.20. The van der Waals surface area contributed by atoms with Crippen LogP contribution in [0.15, 0.2) is 48.5 Å². The van der Waals surface area contributed by atoms with Gasteiger partial charge >= 0.3 is 0 Å². The number of methoxy groups -OCH3 is 1. The van der Waals surface area contributed by atoms with Crippen LogP contribution in [-0.2, 0) is 6.61 Å². The Kier molecular flexibility index (Phi) is 6.48. The molecule has 2 aromatic rings. The molecule has 2 aromatic carbocycles. The molecule has 0 spiro atoms. The van der Waals surface area contributed by atoms with Crippen LogP contribution in [0.5, 0.6) is 11.5 Å². The van der Waals surface area contributed by atoms with Crippen LogP contribution in [0.25, 0.3) is 0 Å². The summed E-state index contributed by atoms with van der Waals surface area (Å²) in [5.41, 5.74) is 8.51. The molecule has 124 valence electrons. The Morgan fingerprint density at radius 3 is 2.35 bits per heavy atom. The molecule has 0 aliphatic rings. The number of benzene rings is 2. The van der Waals surface area contributed by atoms with Crippen LogP contribution in [0.4, 0.5) is 0 Å². The fourth-order valence-corrected chi connectivity index (χ4v) is 2.45. The van der Waals surface area contributed by atoms with Gasteiger partial charge in [0, 0.05) is 6.04 Å². The van der Waals surface area contributed by atoms with Crippen molar-refractivity contribution in [2.75, 3.05) is 7.11 Å². The number of hydrogen-bond donors (Lipinski definition) is 1. The van der Waals surface area contributed by atoms with E-state index in [0.29, 0.717) is 12.5 Å². The predicted octanol–water partition coefficient (Wildman–Crippen LogP) is 4.71. The van der Waals surface area contributed by atoms with Crippen LogP contribution in [0, 0.1) is 5.92 Å². The van der Waals surface area contributed by atoms with Crippen LogP contribution in [0.2, 0.25) is 0 Å². The van der Waals surface area contributed by atoms with Gasteiger partial charge in [-0.25, -0.2) is 0 Å². The van der Waals surface area contributed by atoms with Crippen LogP contribution in [-0.4, -0.2) is 7.11 Å². The van der Waals surface area contributed by atoms with E-state index in [1.807, 2.05) is 48.5 Å². The van der Waals surface area contributed by atoms with Gasteiger partial charge in [0.15, 0.2) is 11.5 Å². The zero-order valence-electron chi connectivity index (χ0n) is 14.3. The highest BCUT2D eigenvalue weighted by atomic mass is 16.5. The average molecular weight is 313 g/mol. The van der Waals surface area contributed by atoms with Crippen LogP contribution in [0.1, 0.15) is 43.9 Å². The molecule has 0 aromatic heterocycles. The van der Waals surface area contributed by atoms with E-state index in [9.17, 15) is 0 Å². The van der Waals surface area contributed by atoms with E-state index in [0.717, 1.165) is 35.5 Å². The summed E-state index contributed by atoms with van der Waals surface area (Å²) in [5.74, 6) is 2.14. The molecule has 0 saturated heterocycles. The molecule has 1 atom stereocenters. The van der Waals surface area contributed by atoms with Gasteiger partial charge in [-0.15, -0.1) is 0 Å². The highest BCUT2D eigenvalue weighted by molar-refractivity contribution is 5.44.